The van der Waals surface area contributed by atoms with E-state index in [0.29, 0.717) is 0 Å². The first-order chi connectivity index (χ1) is 12.9. The molecule has 9 N–H and O–H groups in total. The summed E-state index contributed by atoms with van der Waals surface area (Å²) in [6, 6.07) is -1.44. The number of nitrogens with two attached hydrogens (primary N) is 1. The predicted molar refractivity (Wildman–Crippen MR) is 81.6 cm³/mol. The molecule has 0 aromatic rings. The number of carbonyl (C=O) groups is 1. The first kappa shape index (κ1) is 23.3. The quantitative estimate of drug-likeness (QED) is 0.181. The highest BCUT2D eigenvalue weighted by molar-refractivity contribution is 7.80. The van der Waals surface area contributed by atoms with Crippen LogP contribution in [0.3, 0.4) is 0 Å². The Hall–Kier alpha value is -1.02. The maximum atomic E-state index is 11.2. The molecule has 2 fully saturated rings. The Morgan fingerprint density at radius 1 is 1.04 bits per heavy atom. The molecule has 16 heteroatoms. The minimum absolute atomic E-state index is 0.824. The van der Waals surface area contributed by atoms with Crippen molar-refractivity contribution < 1.29 is 66.8 Å². The fourth-order valence-corrected chi connectivity index (χ4v) is 3.30. The van der Waals surface area contributed by atoms with Crippen LogP contribution < -0.4 is 5.73 Å². The lowest BCUT2D eigenvalue weighted by Crippen LogP contribution is -2.66. The fraction of sp³-hybridized carbons (Fsp3) is 0.917. The van der Waals surface area contributed by atoms with Gasteiger partial charge >= 0.3 is 16.4 Å². The Bertz CT molecular complexity index is 657. The lowest BCUT2D eigenvalue weighted by molar-refractivity contribution is -0.335. The van der Waals surface area contributed by atoms with Crippen molar-refractivity contribution in [3.8, 4) is 0 Å². The van der Waals surface area contributed by atoms with Gasteiger partial charge in [-0.2, -0.15) is 8.42 Å². The largest absolute Gasteiger partial charge is 0.479 e. The van der Waals surface area contributed by atoms with Crippen molar-refractivity contribution in [2.75, 3.05) is 6.61 Å². The van der Waals surface area contributed by atoms with Crippen LogP contribution in [-0.2, 0) is 33.6 Å². The van der Waals surface area contributed by atoms with Gasteiger partial charge in [-0.05, 0) is 0 Å². The molecular formula is C12H21NO14S. The van der Waals surface area contributed by atoms with Crippen LogP contribution >= 0.6 is 0 Å². The highest BCUT2D eigenvalue weighted by atomic mass is 32.3. The van der Waals surface area contributed by atoms with E-state index in [1.54, 1.807) is 0 Å². The highest BCUT2D eigenvalue weighted by Crippen LogP contribution is 2.30. The third kappa shape index (κ3) is 4.93. The Labute approximate surface area is 157 Å². The molecule has 164 valence electrons. The third-order valence-corrected chi connectivity index (χ3v) is 4.70. The smallest absolute Gasteiger partial charge is 0.397 e. The lowest BCUT2D eigenvalue weighted by atomic mass is 9.96. The zero-order valence-electron chi connectivity index (χ0n) is 14.0. The summed E-state index contributed by atoms with van der Waals surface area (Å²) in [6.45, 7) is -0.824. The van der Waals surface area contributed by atoms with Gasteiger partial charge in [0.25, 0.3) is 0 Å². The number of rotatable bonds is 6. The van der Waals surface area contributed by atoms with Gasteiger partial charge in [-0.3, -0.25) is 4.55 Å². The van der Waals surface area contributed by atoms with Gasteiger partial charge in [-0.15, -0.1) is 0 Å². The molecule has 0 unspecified atom stereocenters. The molecule has 2 rings (SSSR count). The second-order valence-corrected chi connectivity index (χ2v) is 7.20. The van der Waals surface area contributed by atoms with Crippen molar-refractivity contribution in [2.24, 2.45) is 5.73 Å². The van der Waals surface area contributed by atoms with Crippen molar-refractivity contribution >= 4 is 16.4 Å². The second-order valence-electron chi connectivity index (χ2n) is 6.15. The van der Waals surface area contributed by atoms with Crippen molar-refractivity contribution in [1.82, 2.24) is 0 Å². The molecule has 0 spiro atoms. The molecule has 0 aliphatic carbocycles. The van der Waals surface area contributed by atoms with Gasteiger partial charge in [0, 0.05) is 0 Å². The van der Waals surface area contributed by atoms with E-state index in [0.717, 1.165) is 0 Å². The number of hydrogen-bond donors (Lipinski definition) is 8. The number of aliphatic hydroxyl groups excluding tert-OH is 5. The lowest BCUT2D eigenvalue weighted by Gasteiger charge is -2.45. The molecule has 10 atom stereocenters. The predicted octanol–water partition coefficient (Wildman–Crippen LogP) is -5.51. The first-order valence-electron chi connectivity index (χ1n) is 7.81. The molecule has 2 saturated heterocycles. The number of hydrogen-bond acceptors (Lipinski definition) is 13. The number of aliphatic carboxylic acids is 1. The van der Waals surface area contributed by atoms with Gasteiger partial charge < -0.3 is 50.6 Å². The highest BCUT2D eigenvalue weighted by Gasteiger charge is 2.53. The Morgan fingerprint density at radius 2 is 1.64 bits per heavy atom. The van der Waals surface area contributed by atoms with Crippen molar-refractivity contribution in [3.05, 3.63) is 0 Å². The average molecular weight is 435 g/mol. The van der Waals surface area contributed by atoms with E-state index in [9.17, 15) is 38.7 Å². The summed E-state index contributed by atoms with van der Waals surface area (Å²) in [6.07, 6.45) is -17.2. The van der Waals surface area contributed by atoms with Crippen LogP contribution in [0.4, 0.5) is 0 Å². The van der Waals surface area contributed by atoms with Gasteiger partial charge in [0.1, 0.15) is 30.5 Å². The first-order valence-corrected chi connectivity index (χ1v) is 9.17. The van der Waals surface area contributed by atoms with Crippen LogP contribution in [0.5, 0.6) is 0 Å². The molecule has 15 nitrogen and oxygen atoms in total. The molecule has 2 heterocycles. The summed E-state index contributed by atoms with van der Waals surface area (Å²) in [5, 5.41) is 58.0. The van der Waals surface area contributed by atoms with E-state index >= 15 is 0 Å². The molecule has 0 radical (unpaired) electrons. The molecule has 2 aliphatic rings. The SMILES string of the molecule is N[C@@H]1[C@@H](O)[C@H](O[C@@H]2O[C@@H](C(=O)O)[C@@H](O)[C@H](O)[C@H]2OS(=O)(=O)O)[C@@H](CO)O[C@@H]1O. The normalized spacial score (nSPS) is 45.0. The standard InChI is InChI=1S/C12H21NO14S/c13-3-4(15)7(2(1-14)24-11(3)20)25-12-9(27-28(21,22)23)6(17)5(16)8(26-12)10(18)19/h2-9,11-12,14-17,20H,1,13H2,(H,18,19)(H,21,22,23)/t2-,3-,4-,5+,6+,7-,8-,9-,11+,12-/m1/s1. The molecule has 0 bridgehead atoms. The van der Waals surface area contributed by atoms with Crippen molar-refractivity contribution in [3.63, 3.8) is 0 Å². The molecule has 2 aliphatic heterocycles. The maximum absolute atomic E-state index is 11.2. The summed E-state index contributed by atoms with van der Waals surface area (Å²) in [7, 11) is -5.23. The fourth-order valence-electron chi connectivity index (χ4n) is 2.82. The molecule has 0 saturated carbocycles. The third-order valence-electron chi connectivity index (χ3n) is 4.23. The van der Waals surface area contributed by atoms with E-state index < -0.39 is 84.3 Å². The van der Waals surface area contributed by atoms with Crippen LogP contribution in [0, 0.1) is 0 Å². The maximum Gasteiger partial charge on any atom is 0.397 e. The summed E-state index contributed by atoms with van der Waals surface area (Å²) < 4.78 is 50.2. The number of aliphatic hydroxyl groups is 5. The second kappa shape index (κ2) is 8.78. The summed E-state index contributed by atoms with van der Waals surface area (Å²) in [5.41, 5.74) is 5.52. The van der Waals surface area contributed by atoms with Crippen molar-refractivity contribution in [1.29, 1.82) is 0 Å². The van der Waals surface area contributed by atoms with E-state index in [1.807, 2.05) is 0 Å². The summed E-state index contributed by atoms with van der Waals surface area (Å²) >= 11 is 0. The molecular weight excluding hydrogens is 414 g/mol. The molecule has 0 aromatic heterocycles. The number of carboxylic acids is 1. The van der Waals surface area contributed by atoms with Crippen LogP contribution in [0.2, 0.25) is 0 Å². The van der Waals surface area contributed by atoms with Crippen LogP contribution in [0.25, 0.3) is 0 Å². The molecule has 0 aromatic carbocycles. The van der Waals surface area contributed by atoms with Crippen LogP contribution in [-0.4, -0.2) is 118 Å². The Kier molecular flexibility index (Phi) is 7.29. The average Bonchev–Trinajstić information content (AvgIpc) is 2.59. The minimum atomic E-state index is -5.23. The summed E-state index contributed by atoms with van der Waals surface area (Å²) in [5.74, 6) is -1.75. The Morgan fingerprint density at radius 3 is 2.14 bits per heavy atom. The number of ether oxygens (including phenoxy) is 3. The van der Waals surface area contributed by atoms with Gasteiger partial charge in [0.15, 0.2) is 24.8 Å². The molecule has 0 amide bonds. The van der Waals surface area contributed by atoms with E-state index in [2.05, 4.69) is 4.18 Å². The topological polar surface area (TPSA) is 256 Å². The van der Waals surface area contributed by atoms with Crippen molar-refractivity contribution in [2.45, 2.75) is 61.3 Å². The van der Waals surface area contributed by atoms with E-state index in [4.69, 9.17) is 29.6 Å². The van der Waals surface area contributed by atoms with Crippen LogP contribution in [0.1, 0.15) is 0 Å². The van der Waals surface area contributed by atoms with Gasteiger partial charge in [-0.25, -0.2) is 8.98 Å². The number of carboxylic acid groups (broad SMARTS) is 1. The molecule has 28 heavy (non-hydrogen) atoms. The van der Waals surface area contributed by atoms with Crippen LogP contribution in [0.15, 0.2) is 0 Å². The summed E-state index contributed by atoms with van der Waals surface area (Å²) in [4.78, 5) is 11.2. The van der Waals surface area contributed by atoms with Gasteiger partial charge in [0.2, 0.25) is 0 Å². The zero-order valence-corrected chi connectivity index (χ0v) is 14.8. The van der Waals surface area contributed by atoms with E-state index in [1.165, 1.54) is 0 Å². The van der Waals surface area contributed by atoms with Gasteiger partial charge in [0.05, 0.1) is 12.6 Å². The zero-order chi connectivity index (χ0) is 21.4. The minimum Gasteiger partial charge on any atom is -0.479 e. The van der Waals surface area contributed by atoms with Gasteiger partial charge in [-0.1, -0.05) is 0 Å². The monoisotopic (exact) mass is 435 g/mol. The van der Waals surface area contributed by atoms with E-state index in [-0.39, 0.29) is 0 Å². The Balaban J connectivity index is 2.32.